The van der Waals surface area contributed by atoms with Gasteiger partial charge in [0.05, 0.1) is 12.2 Å². The number of aromatic hydroxyl groups is 4. The number of aliphatic hydroxyl groups excluding tert-OH is 2. The summed E-state index contributed by atoms with van der Waals surface area (Å²) in [6.07, 6.45) is -0.148. The molecule has 0 saturated carbocycles. The molecule has 52 heavy (non-hydrogen) atoms. The number of Topliss-reactive ketones (excluding diaryl/α,β-unsaturated/α-hetero) is 1. The van der Waals surface area contributed by atoms with E-state index in [1.807, 2.05) is 30.3 Å². The van der Waals surface area contributed by atoms with Crippen molar-refractivity contribution in [2.24, 2.45) is 5.73 Å². The fraction of sp³-hybridized carbons (Fsp3) is 0.214. The van der Waals surface area contributed by atoms with Crippen LogP contribution in [0.25, 0.3) is 21.5 Å². The van der Waals surface area contributed by atoms with Gasteiger partial charge in [-0.3, -0.25) is 4.79 Å². The number of carbonyl (C=O) groups is 1. The van der Waals surface area contributed by atoms with Crippen LogP contribution in [0.5, 0.6) is 23.0 Å². The molecule has 0 saturated heterocycles. The van der Waals surface area contributed by atoms with Crippen LogP contribution in [-0.4, -0.2) is 55.6 Å². The number of ketones is 1. The van der Waals surface area contributed by atoms with Crippen molar-refractivity contribution in [1.29, 1.82) is 0 Å². The summed E-state index contributed by atoms with van der Waals surface area (Å²) in [5.41, 5.74) is 8.60. The van der Waals surface area contributed by atoms with Crippen molar-refractivity contribution in [3.8, 4) is 23.0 Å². The van der Waals surface area contributed by atoms with Crippen molar-refractivity contribution in [2.75, 3.05) is 13.1 Å². The van der Waals surface area contributed by atoms with Crippen LogP contribution >= 0.6 is 12.4 Å². The van der Waals surface area contributed by atoms with Crippen molar-refractivity contribution < 1.29 is 35.4 Å². The van der Waals surface area contributed by atoms with Gasteiger partial charge in [-0.2, -0.15) is 0 Å². The molecule has 6 rings (SSSR count). The van der Waals surface area contributed by atoms with Crippen LogP contribution in [0.2, 0.25) is 0 Å². The minimum absolute atomic E-state index is 0. The summed E-state index contributed by atoms with van der Waals surface area (Å²) in [5, 5.41) is 64.5. The second kappa shape index (κ2) is 20.0. The summed E-state index contributed by atoms with van der Waals surface area (Å²) in [6, 6.07) is 37.8. The van der Waals surface area contributed by atoms with Gasteiger partial charge in [-0.1, -0.05) is 97.1 Å². The first-order valence-corrected chi connectivity index (χ1v) is 16.7. The maximum absolute atomic E-state index is 10.9. The Labute approximate surface area is 310 Å². The molecule has 3 atom stereocenters. The smallest absolute Gasteiger partial charge is 0.157 e. The van der Waals surface area contributed by atoms with Gasteiger partial charge >= 0.3 is 0 Å². The number of nitrogens with two attached hydrogens (primary N) is 1. The second-order valence-electron chi connectivity index (χ2n) is 12.5. The predicted octanol–water partition coefficient (Wildman–Crippen LogP) is 6.99. The lowest BCUT2D eigenvalue weighted by Gasteiger charge is -2.18. The molecule has 3 unspecified atom stereocenters. The van der Waals surface area contributed by atoms with Gasteiger partial charge in [0, 0.05) is 25.6 Å². The first-order chi connectivity index (χ1) is 24.4. The highest BCUT2D eigenvalue weighted by molar-refractivity contribution is 5.86. The first-order valence-electron chi connectivity index (χ1n) is 16.7. The summed E-state index contributed by atoms with van der Waals surface area (Å²) in [4.78, 5) is 10.9. The van der Waals surface area contributed by atoms with Gasteiger partial charge in [-0.15, -0.1) is 12.4 Å². The molecule has 0 amide bonds. The van der Waals surface area contributed by atoms with Gasteiger partial charge in [0.25, 0.3) is 0 Å². The van der Waals surface area contributed by atoms with E-state index in [9.17, 15) is 25.2 Å². The number of fused-ring (bicyclic) bond motifs is 2. The van der Waals surface area contributed by atoms with E-state index in [-0.39, 0.29) is 53.8 Å². The number of hydrogen-bond donors (Lipinski definition) is 8. The topological polar surface area (TPSA) is 176 Å². The third-order valence-electron chi connectivity index (χ3n) is 8.27. The molecular formula is C42H47ClN2O7. The van der Waals surface area contributed by atoms with Crippen LogP contribution < -0.4 is 11.1 Å². The molecule has 6 aromatic rings. The molecule has 0 aliphatic heterocycles. The van der Waals surface area contributed by atoms with Gasteiger partial charge in [0.15, 0.2) is 23.0 Å². The maximum atomic E-state index is 10.9. The fourth-order valence-electron chi connectivity index (χ4n) is 5.49. The molecule has 0 fully saturated rings. The number of phenols is 4. The van der Waals surface area contributed by atoms with Crippen LogP contribution in [0, 0.1) is 0 Å². The second-order valence-corrected chi connectivity index (χ2v) is 12.5. The van der Waals surface area contributed by atoms with E-state index < -0.39 is 12.2 Å². The van der Waals surface area contributed by atoms with Crippen molar-refractivity contribution in [1.82, 2.24) is 5.32 Å². The molecule has 10 heteroatoms. The number of rotatable bonds is 10. The Balaban J connectivity index is 0.000000229. The van der Waals surface area contributed by atoms with Gasteiger partial charge in [-0.25, -0.2) is 0 Å². The predicted molar refractivity (Wildman–Crippen MR) is 209 cm³/mol. The number of halogens is 1. The molecule has 274 valence electrons. The Morgan fingerprint density at radius 2 is 1.08 bits per heavy atom. The lowest BCUT2D eigenvalue weighted by atomic mass is 10.0. The maximum Gasteiger partial charge on any atom is 0.157 e. The Hall–Kier alpha value is -5.16. The lowest BCUT2D eigenvalue weighted by molar-refractivity contribution is -0.116. The molecule has 0 spiro atoms. The first kappa shape index (κ1) is 41.3. The van der Waals surface area contributed by atoms with Crippen LogP contribution in [0.4, 0.5) is 0 Å². The molecule has 0 bridgehead atoms. The van der Waals surface area contributed by atoms with Crippen LogP contribution in [-0.2, 0) is 17.6 Å². The van der Waals surface area contributed by atoms with Gasteiger partial charge < -0.3 is 41.7 Å². The van der Waals surface area contributed by atoms with E-state index >= 15 is 0 Å². The van der Waals surface area contributed by atoms with Crippen LogP contribution in [0.15, 0.2) is 121 Å². The number of aliphatic hydroxyl groups is 2. The summed E-state index contributed by atoms with van der Waals surface area (Å²) in [6.45, 7) is 4.16. The molecule has 0 radical (unpaired) electrons. The molecule has 9 nitrogen and oxygen atoms in total. The van der Waals surface area contributed by atoms with E-state index in [0.717, 1.165) is 12.0 Å². The van der Waals surface area contributed by atoms with Crippen molar-refractivity contribution in [2.45, 2.75) is 44.9 Å². The Morgan fingerprint density at radius 1 is 0.615 bits per heavy atom. The minimum Gasteiger partial charge on any atom is -0.504 e. The fourth-order valence-corrected chi connectivity index (χ4v) is 5.49. The third kappa shape index (κ3) is 12.3. The molecule has 0 aliphatic carbocycles. The Morgan fingerprint density at radius 3 is 1.56 bits per heavy atom. The molecule has 6 aromatic carbocycles. The largest absolute Gasteiger partial charge is 0.504 e. The summed E-state index contributed by atoms with van der Waals surface area (Å²) in [7, 11) is 0. The average Bonchev–Trinajstić information content (AvgIpc) is 3.12. The van der Waals surface area contributed by atoms with Crippen LogP contribution in [0.1, 0.15) is 48.3 Å². The van der Waals surface area contributed by atoms with Crippen LogP contribution in [0.3, 0.4) is 0 Å². The zero-order valence-corrected chi connectivity index (χ0v) is 30.0. The summed E-state index contributed by atoms with van der Waals surface area (Å²) >= 11 is 0. The van der Waals surface area contributed by atoms with Crippen molar-refractivity contribution >= 4 is 39.7 Å². The summed E-state index contributed by atoms with van der Waals surface area (Å²) < 4.78 is 0. The number of carbonyl (C=O) groups excluding carboxylic acids is 1. The highest BCUT2D eigenvalue weighted by Gasteiger charge is 2.12. The minimum atomic E-state index is -0.795. The quantitative estimate of drug-likeness (QED) is 0.0692. The Kier molecular flexibility index (Phi) is 15.9. The highest BCUT2D eigenvalue weighted by Crippen LogP contribution is 2.28. The molecule has 0 aliphatic rings. The van der Waals surface area contributed by atoms with E-state index in [1.165, 1.54) is 57.4 Å². The van der Waals surface area contributed by atoms with Gasteiger partial charge in [-0.05, 0) is 88.3 Å². The highest BCUT2D eigenvalue weighted by atomic mass is 35.5. The van der Waals surface area contributed by atoms with E-state index in [4.69, 9.17) is 15.9 Å². The van der Waals surface area contributed by atoms with E-state index in [1.54, 1.807) is 13.0 Å². The zero-order valence-electron chi connectivity index (χ0n) is 29.2. The molecular weight excluding hydrogens is 680 g/mol. The normalized spacial score (nSPS) is 12.3. The molecule has 0 heterocycles. The average molecular weight is 727 g/mol. The van der Waals surface area contributed by atoms with Crippen molar-refractivity contribution in [3.63, 3.8) is 0 Å². The van der Waals surface area contributed by atoms with E-state index in [0.29, 0.717) is 24.1 Å². The van der Waals surface area contributed by atoms with Gasteiger partial charge in [0.2, 0.25) is 0 Å². The number of phenolic OH excluding ortho intramolecular Hbond substituents is 4. The lowest BCUT2D eigenvalue weighted by Crippen LogP contribution is -2.32. The third-order valence-corrected chi connectivity index (χ3v) is 8.27. The molecule has 0 aromatic heterocycles. The number of benzene rings is 6. The monoisotopic (exact) mass is 726 g/mol. The zero-order chi connectivity index (χ0) is 36.9. The number of hydrogen-bond acceptors (Lipinski definition) is 9. The van der Waals surface area contributed by atoms with Gasteiger partial charge in [0.1, 0.15) is 5.78 Å². The Bertz CT molecular complexity index is 2060. The standard InChI is InChI=1S/C21H23NO3.C13H12O.C8H11NO3.ClH/c1-14(10-15-6-7-16-4-2-3-5-17(16)11-15)22-13-21(25)18-8-9-19(23)20(24)12-18;1-10(14)8-11-6-7-12-4-2-3-5-13(12)9-11;9-4-8(12)5-1-2-6(10)7(11)3-5;/h2-9,11-12,14,21-25H,10,13H2,1H3;2-7,9H,8H2,1H3;1-3,8,10-12H,4,9H2;1H. The summed E-state index contributed by atoms with van der Waals surface area (Å²) in [5.74, 6) is -0.655. The SMILES string of the molecule is CC(=O)Cc1ccc2ccccc2c1.CC(Cc1ccc2ccccc2c1)NCC(O)c1ccc(O)c(O)c1.Cl.NCC(O)c1ccc(O)c(O)c1. The molecule has 9 N–H and O–H groups in total. The van der Waals surface area contributed by atoms with E-state index in [2.05, 4.69) is 66.8 Å². The van der Waals surface area contributed by atoms with Crippen molar-refractivity contribution in [3.05, 3.63) is 144 Å². The number of nitrogens with one attached hydrogen (secondary N) is 1.